The smallest absolute Gasteiger partial charge is 0.237 e. The van der Waals surface area contributed by atoms with E-state index in [0.29, 0.717) is 23.2 Å². The fraction of sp³-hybridized carbons (Fsp3) is 0.471. The molecule has 1 amide bonds. The highest BCUT2D eigenvalue weighted by Crippen LogP contribution is 2.28. The summed E-state index contributed by atoms with van der Waals surface area (Å²) in [5, 5.41) is 4.00. The van der Waals surface area contributed by atoms with Gasteiger partial charge in [-0.1, -0.05) is 44.1 Å². The van der Waals surface area contributed by atoms with Gasteiger partial charge in [-0.3, -0.25) is 4.79 Å². The summed E-state index contributed by atoms with van der Waals surface area (Å²) in [5.74, 6) is 2.39. The minimum absolute atomic E-state index is 0.124. The number of fused-ring (bicyclic) bond motifs is 1. The van der Waals surface area contributed by atoms with Gasteiger partial charge in [0, 0.05) is 17.6 Å². The molecule has 0 N–H and O–H groups in total. The zero-order valence-electron chi connectivity index (χ0n) is 13.7. The van der Waals surface area contributed by atoms with Gasteiger partial charge in [-0.05, 0) is 18.1 Å². The summed E-state index contributed by atoms with van der Waals surface area (Å²) in [7, 11) is 0. The number of nitrogens with zero attached hydrogens (tertiary/aromatic N) is 3. The third-order valence-corrected chi connectivity index (χ3v) is 4.68. The fourth-order valence-corrected chi connectivity index (χ4v) is 3.24. The van der Waals surface area contributed by atoms with E-state index < -0.39 is 0 Å². The number of benzene rings is 1. The largest absolute Gasteiger partial charge is 0.338 e. The first-order valence-corrected chi connectivity index (χ1v) is 8.90. The van der Waals surface area contributed by atoms with Crippen LogP contribution in [0.15, 0.2) is 28.8 Å². The molecule has 1 aliphatic rings. The number of rotatable bonds is 4. The highest BCUT2D eigenvalue weighted by molar-refractivity contribution is 7.99. The first-order chi connectivity index (χ1) is 10.9. The Hall–Kier alpha value is -1.82. The molecule has 2 heterocycles. The highest BCUT2D eigenvalue weighted by Gasteiger charge is 2.24. The van der Waals surface area contributed by atoms with E-state index >= 15 is 0 Å². The Morgan fingerprint density at radius 1 is 1.35 bits per heavy atom. The maximum absolute atomic E-state index is 12.4. The molecule has 0 radical (unpaired) electrons. The maximum Gasteiger partial charge on any atom is 0.237 e. The Kier molecular flexibility index (Phi) is 4.43. The van der Waals surface area contributed by atoms with Crippen molar-refractivity contribution in [3.63, 3.8) is 0 Å². The summed E-state index contributed by atoms with van der Waals surface area (Å²) in [6.45, 7) is 6.91. The quantitative estimate of drug-likeness (QED) is 0.861. The van der Waals surface area contributed by atoms with Crippen molar-refractivity contribution in [1.82, 2.24) is 10.1 Å². The maximum atomic E-state index is 12.4. The zero-order valence-corrected chi connectivity index (χ0v) is 14.5. The van der Waals surface area contributed by atoms with Crippen molar-refractivity contribution in [2.24, 2.45) is 0 Å². The van der Waals surface area contributed by atoms with Crippen molar-refractivity contribution in [2.45, 2.75) is 38.4 Å². The molecule has 0 saturated carbocycles. The molecule has 3 rings (SSSR count). The van der Waals surface area contributed by atoms with E-state index in [1.165, 1.54) is 17.3 Å². The van der Waals surface area contributed by atoms with Crippen molar-refractivity contribution in [1.29, 1.82) is 0 Å². The molecule has 0 aliphatic carbocycles. The molecule has 5 nitrogen and oxygen atoms in total. The molecule has 0 unspecified atom stereocenters. The second-order valence-corrected chi connectivity index (χ2v) is 7.66. The molecule has 23 heavy (non-hydrogen) atoms. The van der Waals surface area contributed by atoms with E-state index in [1.54, 1.807) is 0 Å². The average Bonchev–Trinajstić information content (AvgIpc) is 3.13. The van der Waals surface area contributed by atoms with Crippen LogP contribution in [0.4, 0.5) is 5.69 Å². The van der Waals surface area contributed by atoms with Gasteiger partial charge in [0.1, 0.15) is 0 Å². The normalized spacial score (nSPS) is 14.1. The Morgan fingerprint density at radius 3 is 2.87 bits per heavy atom. The lowest BCUT2D eigenvalue weighted by Gasteiger charge is -2.16. The van der Waals surface area contributed by atoms with Crippen LogP contribution in [0.3, 0.4) is 0 Å². The fourth-order valence-electron chi connectivity index (χ4n) is 2.52. The second kappa shape index (κ2) is 6.35. The van der Waals surface area contributed by atoms with Crippen molar-refractivity contribution in [3.05, 3.63) is 41.5 Å². The Bertz CT molecular complexity index is 706. The number of carbonyl (C=O) groups excluding carboxylic acids is 1. The molecular weight excluding hydrogens is 310 g/mol. The summed E-state index contributed by atoms with van der Waals surface area (Å²) in [6, 6.07) is 8.09. The van der Waals surface area contributed by atoms with Gasteiger partial charge in [0.05, 0.1) is 11.5 Å². The topological polar surface area (TPSA) is 59.2 Å². The zero-order chi connectivity index (χ0) is 16.4. The average molecular weight is 331 g/mol. The van der Waals surface area contributed by atoms with Crippen LogP contribution >= 0.6 is 11.8 Å². The van der Waals surface area contributed by atoms with Gasteiger partial charge in [0.25, 0.3) is 0 Å². The Labute approximate surface area is 140 Å². The molecule has 6 heteroatoms. The minimum Gasteiger partial charge on any atom is -0.338 e. The molecule has 0 spiro atoms. The first-order valence-electron chi connectivity index (χ1n) is 7.74. The van der Waals surface area contributed by atoms with E-state index in [0.717, 1.165) is 18.7 Å². The third kappa shape index (κ3) is 3.58. The Morgan fingerprint density at radius 2 is 2.13 bits per heavy atom. The van der Waals surface area contributed by atoms with E-state index in [9.17, 15) is 4.79 Å². The second-order valence-electron chi connectivity index (χ2n) is 6.68. The summed E-state index contributed by atoms with van der Waals surface area (Å²) in [6.07, 6.45) is 0.936. The van der Waals surface area contributed by atoms with Gasteiger partial charge in [0.15, 0.2) is 5.82 Å². The van der Waals surface area contributed by atoms with Gasteiger partial charge >= 0.3 is 0 Å². The number of thioether (sulfide) groups is 1. The van der Waals surface area contributed by atoms with Crippen LogP contribution in [0.25, 0.3) is 0 Å². The van der Waals surface area contributed by atoms with Crippen LogP contribution in [0, 0.1) is 0 Å². The lowest BCUT2D eigenvalue weighted by atomic mass is 9.96. The molecule has 2 aromatic rings. The van der Waals surface area contributed by atoms with Crippen LogP contribution in [0.5, 0.6) is 0 Å². The van der Waals surface area contributed by atoms with Crippen LogP contribution < -0.4 is 4.90 Å². The number of aromatic nitrogens is 2. The van der Waals surface area contributed by atoms with E-state index in [2.05, 4.69) is 16.2 Å². The van der Waals surface area contributed by atoms with Crippen molar-refractivity contribution in [3.8, 4) is 0 Å². The van der Waals surface area contributed by atoms with Crippen LogP contribution in [-0.4, -0.2) is 28.3 Å². The number of para-hydroxylation sites is 1. The number of hydrogen-bond acceptors (Lipinski definition) is 5. The van der Waals surface area contributed by atoms with Crippen molar-refractivity contribution >= 4 is 23.4 Å². The predicted octanol–water partition coefficient (Wildman–Crippen LogP) is 3.19. The first kappa shape index (κ1) is 16.1. The predicted molar refractivity (Wildman–Crippen MR) is 91.7 cm³/mol. The van der Waals surface area contributed by atoms with E-state index in [4.69, 9.17) is 4.52 Å². The molecule has 0 fully saturated rings. The minimum atomic E-state index is -0.124. The number of carbonyl (C=O) groups is 1. The van der Waals surface area contributed by atoms with Gasteiger partial charge < -0.3 is 9.42 Å². The SMILES string of the molecule is CC(C)(C)c1noc(CSCC(=O)N2CCc3ccccc32)n1. The van der Waals surface area contributed by atoms with Crippen molar-refractivity contribution < 1.29 is 9.32 Å². The van der Waals surface area contributed by atoms with Gasteiger partial charge in [-0.2, -0.15) is 4.98 Å². The molecule has 0 saturated heterocycles. The standard InChI is InChI=1S/C17H21N3O2S/c1-17(2,3)16-18-14(22-19-16)10-23-11-15(21)20-9-8-12-6-4-5-7-13(12)20/h4-7H,8-11H2,1-3H3. The van der Waals surface area contributed by atoms with Gasteiger partial charge in [0.2, 0.25) is 11.8 Å². The molecule has 122 valence electrons. The molecule has 1 aromatic heterocycles. The lowest BCUT2D eigenvalue weighted by molar-refractivity contribution is -0.116. The van der Waals surface area contributed by atoms with Crippen LogP contribution in [0.2, 0.25) is 0 Å². The summed E-state index contributed by atoms with van der Waals surface area (Å²) in [4.78, 5) is 18.7. The summed E-state index contributed by atoms with van der Waals surface area (Å²) >= 11 is 1.51. The Balaban J connectivity index is 1.53. The van der Waals surface area contributed by atoms with Crippen molar-refractivity contribution in [2.75, 3.05) is 17.2 Å². The number of hydrogen-bond donors (Lipinski definition) is 0. The van der Waals surface area contributed by atoms with E-state index in [1.807, 2.05) is 43.9 Å². The monoisotopic (exact) mass is 331 g/mol. The van der Waals surface area contributed by atoms with Crippen LogP contribution in [0.1, 0.15) is 38.0 Å². The van der Waals surface area contributed by atoms with Gasteiger partial charge in [-0.25, -0.2) is 0 Å². The van der Waals surface area contributed by atoms with Gasteiger partial charge in [-0.15, -0.1) is 11.8 Å². The summed E-state index contributed by atoms with van der Waals surface area (Å²) in [5.41, 5.74) is 2.17. The van der Waals surface area contributed by atoms with Crippen LogP contribution in [-0.2, 0) is 22.4 Å². The lowest BCUT2D eigenvalue weighted by Crippen LogP contribution is -2.30. The molecule has 0 bridgehead atoms. The molecular formula is C17H21N3O2S. The molecule has 1 aliphatic heterocycles. The summed E-state index contributed by atoms with van der Waals surface area (Å²) < 4.78 is 5.25. The highest BCUT2D eigenvalue weighted by atomic mass is 32.2. The van der Waals surface area contributed by atoms with E-state index in [-0.39, 0.29) is 11.3 Å². The number of amides is 1. The molecule has 0 atom stereocenters. The number of anilines is 1. The third-order valence-electron chi connectivity index (χ3n) is 3.78. The molecule has 1 aromatic carbocycles.